The molecule has 0 aliphatic rings. The summed E-state index contributed by atoms with van der Waals surface area (Å²) in [6.45, 7) is 4.73. The van der Waals surface area contributed by atoms with Crippen molar-refractivity contribution in [1.82, 2.24) is 4.31 Å². The predicted octanol–water partition coefficient (Wildman–Crippen LogP) is 1.51. The minimum Gasteiger partial charge on any atom is -0.329 e. The number of carbonyl (C=O) groups excluding carboxylic acids is 1. The second-order valence-electron chi connectivity index (χ2n) is 3.04. The highest BCUT2D eigenvalue weighted by molar-refractivity contribution is 7.77. The van der Waals surface area contributed by atoms with E-state index in [9.17, 15) is 9.00 Å². The van der Waals surface area contributed by atoms with Gasteiger partial charge in [0.2, 0.25) is 0 Å². The lowest BCUT2D eigenvalue weighted by atomic mass is 10.1. The molecule has 0 aromatic carbocycles. The molecule has 0 saturated carbocycles. The average molecular weight is 216 g/mol. The van der Waals surface area contributed by atoms with Crippen molar-refractivity contribution in [2.75, 3.05) is 0 Å². The molecule has 0 aromatic heterocycles. The van der Waals surface area contributed by atoms with E-state index in [1.165, 1.54) is 0 Å². The smallest absolute Gasteiger partial charge is 0.329 e. The van der Waals surface area contributed by atoms with E-state index >= 15 is 0 Å². The first-order chi connectivity index (χ1) is 5.30. The van der Waals surface area contributed by atoms with Crippen LogP contribution in [0.2, 0.25) is 0 Å². The molecule has 12 heavy (non-hydrogen) atoms. The number of carbonyl (C=O) groups is 1. The Morgan fingerprint density at radius 1 is 1.58 bits per heavy atom. The van der Waals surface area contributed by atoms with Gasteiger partial charge in [-0.25, -0.2) is 9.00 Å². The van der Waals surface area contributed by atoms with Crippen molar-refractivity contribution >= 4 is 29.2 Å². The summed E-state index contributed by atoms with van der Waals surface area (Å²) in [5.74, 6) is 0. The summed E-state index contributed by atoms with van der Waals surface area (Å²) in [6, 6.07) is 0. The van der Waals surface area contributed by atoms with Gasteiger partial charge in [0.25, 0.3) is 11.3 Å². The Morgan fingerprint density at radius 3 is 2.08 bits per heavy atom. The molecular formula is C5H10ClNO4S. The minimum absolute atomic E-state index is 0.611. The largest absolute Gasteiger partial charge is 0.442 e. The highest BCUT2D eigenvalue weighted by atomic mass is 35.5. The Bertz CT molecular complexity index is 202. The van der Waals surface area contributed by atoms with Crippen LogP contribution >= 0.6 is 11.9 Å². The van der Waals surface area contributed by atoms with Crippen LogP contribution in [-0.4, -0.2) is 24.7 Å². The van der Waals surface area contributed by atoms with Gasteiger partial charge in [-0.3, -0.25) is 4.55 Å². The van der Waals surface area contributed by atoms with Gasteiger partial charge < -0.3 is 4.29 Å². The van der Waals surface area contributed by atoms with E-state index in [0.29, 0.717) is 4.31 Å². The summed E-state index contributed by atoms with van der Waals surface area (Å²) < 4.78 is 23.7. The number of amides is 1. The fourth-order valence-electron chi connectivity index (χ4n) is 0.603. The molecule has 72 valence electrons. The zero-order valence-electron chi connectivity index (χ0n) is 6.91. The third-order valence-electron chi connectivity index (χ3n) is 0.997. The summed E-state index contributed by atoms with van der Waals surface area (Å²) in [4.78, 5) is 10.8. The van der Waals surface area contributed by atoms with Crippen molar-refractivity contribution in [2.45, 2.75) is 26.3 Å². The van der Waals surface area contributed by atoms with E-state index in [-0.39, 0.29) is 0 Å². The number of hydrogen-bond acceptors (Lipinski definition) is 3. The summed E-state index contributed by atoms with van der Waals surface area (Å²) in [5.41, 5.74) is -0.814. The van der Waals surface area contributed by atoms with Gasteiger partial charge in [0, 0.05) is 0 Å². The Morgan fingerprint density at radius 2 is 2.00 bits per heavy atom. The molecule has 0 saturated heterocycles. The van der Waals surface area contributed by atoms with Gasteiger partial charge in [-0.15, -0.1) is 0 Å². The van der Waals surface area contributed by atoms with Crippen molar-refractivity contribution < 1.29 is 17.8 Å². The third-order valence-corrected chi connectivity index (χ3v) is 2.14. The van der Waals surface area contributed by atoms with E-state index in [1.807, 2.05) is 0 Å². The Balaban J connectivity index is 4.68. The Labute approximate surface area is 78.2 Å². The molecule has 1 N–H and O–H groups in total. The van der Waals surface area contributed by atoms with E-state index in [4.69, 9.17) is 16.4 Å². The molecule has 0 aliphatic carbocycles. The number of rotatable bonds is 1. The zero-order valence-corrected chi connectivity index (χ0v) is 8.48. The number of halogens is 1. The second kappa shape index (κ2) is 4.06. The van der Waals surface area contributed by atoms with Gasteiger partial charge in [-0.1, -0.05) is 0 Å². The van der Waals surface area contributed by atoms with Gasteiger partial charge in [0.05, 0.1) is 5.54 Å². The van der Waals surface area contributed by atoms with Crippen molar-refractivity contribution in [3.05, 3.63) is 0 Å². The molecule has 5 nitrogen and oxygen atoms in total. The molecule has 7 heteroatoms. The molecule has 0 spiro atoms. The minimum atomic E-state index is -2.43. The number of nitrogens with zero attached hydrogens (tertiary/aromatic N) is 1. The number of hydrogen-bond donors (Lipinski definition) is 1. The van der Waals surface area contributed by atoms with Crippen LogP contribution in [0.15, 0.2) is 0 Å². The van der Waals surface area contributed by atoms with Crippen LogP contribution in [0.1, 0.15) is 20.8 Å². The lowest BCUT2D eigenvalue weighted by molar-refractivity contribution is 0.156. The molecule has 1 amide bonds. The first kappa shape index (κ1) is 11.7. The molecule has 0 heterocycles. The first-order valence-corrected chi connectivity index (χ1v) is 4.41. The monoisotopic (exact) mass is 215 g/mol. The molecule has 0 bridgehead atoms. The Kier molecular flexibility index (Phi) is 3.95. The van der Waals surface area contributed by atoms with Crippen LogP contribution in [0.3, 0.4) is 0 Å². The molecule has 0 fully saturated rings. The van der Waals surface area contributed by atoms with Crippen molar-refractivity contribution in [3.8, 4) is 0 Å². The van der Waals surface area contributed by atoms with Crippen molar-refractivity contribution in [3.63, 3.8) is 0 Å². The highest BCUT2D eigenvalue weighted by Gasteiger charge is 2.32. The molecule has 0 aromatic rings. The summed E-state index contributed by atoms with van der Waals surface area (Å²) >= 11 is 2.33. The van der Waals surface area contributed by atoms with Crippen LogP contribution < -0.4 is 0 Å². The second-order valence-corrected chi connectivity index (χ2v) is 4.02. The predicted molar refractivity (Wildman–Crippen MR) is 44.7 cm³/mol. The SMILES string of the molecule is CC(C)(C)N(C(=O)OCl)S(=O)O. The maximum absolute atomic E-state index is 10.8. The molecule has 0 rings (SSSR count). The van der Waals surface area contributed by atoms with Gasteiger partial charge >= 0.3 is 6.09 Å². The van der Waals surface area contributed by atoms with Gasteiger partial charge in [-0.2, -0.15) is 4.31 Å². The summed E-state index contributed by atoms with van der Waals surface area (Å²) in [5, 5.41) is 0. The van der Waals surface area contributed by atoms with E-state index in [1.54, 1.807) is 20.8 Å². The topological polar surface area (TPSA) is 66.8 Å². The fourth-order valence-corrected chi connectivity index (χ4v) is 1.35. The van der Waals surface area contributed by atoms with Crippen LogP contribution in [0.25, 0.3) is 0 Å². The zero-order chi connectivity index (χ0) is 9.94. The normalized spacial score (nSPS) is 13.8. The van der Waals surface area contributed by atoms with Crippen LogP contribution in [-0.2, 0) is 15.6 Å². The molecule has 1 unspecified atom stereocenters. The van der Waals surface area contributed by atoms with E-state index in [2.05, 4.69) is 4.29 Å². The van der Waals surface area contributed by atoms with Crippen LogP contribution in [0.5, 0.6) is 0 Å². The van der Waals surface area contributed by atoms with Crippen LogP contribution in [0.4, 0.5) is 4.79 Å². The van der Waals surface area contributed by atoms with Crippen LogP contribution in [0, 0.1) is 0 Å². The molecule has 0 aliphatic heterocycles. The third kappa shape index (κ3) is 2.96. The molecule has 0 radical (unpaired) electrons. The molecular weight excluding hydrogens is 206 g/mol. The fraction of sp³-hybridized carbons (Fsp3) is 0.800. The Hall–Kier alpha value is -0.330. The standard InChI is InChI=1S/C5H10ClNO4S/c1-5(2,3)7(12(9)10)4(8)11-6/h1-3H3,(H,9,10). The van der Waals surface area contributed by atoms with Crippen molar-refractivity contribution in [1.29, 1.82) is 0 Å². The first-order valence-electron chi connectivity index (χ1n) is 3.04. The van der Waals surface area contributed by atoms with Crippen molar-refractivity contribution in [2.24, 2.45) is 0 Å². The van der Waals surface area contributed by atoms with E-state index < -0.39 is 22.9 Å². The maximum Gasteiger partial charge on any atom is 0.442 e. The summed E-state index contributed by atoms with van der Waals surface area (Å²) in [7, 11) is 0. The lowest BCUT2D eigenvalue weighted by Crippen LogP contribution is -2.45. The maximum atomic E-state index is 10.8. The van der Waals surface area contributed by atoms with Gasteiger partial charge in [0.15, 0.2) is 0 Å². The quantitative estimate of drug-likeness (QED) is 0.674. The average Bonchev–Trinajstić information content (AvgIpc) is 1.83. The van der Waals surface area contributed by atoms with Gasteiger partial charge in [0.1, 0.15) is 11.9 Å². The lowest BCUT2D eigenvalue weighted by Gasteiger charge is -2.29. The van der Waals surface area contributed by atoms with E-state index in [0.717, 1.165) is 0 Å². The highest BCUT2D eigenvalue weighted by Crippen LogP contribution is 2.16. The summed E-state index contributed by atoms with van der Waals surface area (Å²) in [6.07, 6.45) is -1.05. The van der Waals surface area contributed by atoms with Gasteiger partial charge in [-0.05, 0) is 20.8 Å². The molecule has 1 atom stereocenters.